The van der Waals surface area contributed by atoms with Crippen molar-refractivity contribution in [1.82, 2.24) is 0 Å². The zero-order chi connectivity index (χ0) is 17.8. The van der Waals surface area contributed by atoms with Crippen molar-refractivity contribution >= 4 is 23.2 Å². The molecule has 2 aromatic carbocycles. The minimum Gasteiger partial charge on any atom is -0.495 e. The number of halogens is 1. The van der Waals surface area contributed by atoms with Gasteiger partial charge in [0.15, 0.2) is 18.0 Å². The van der Waals surface area contributed by atoms with Crippen molar-refractivity contribution in [3.63, 3.8) is 0 Å². The van der Waals surface area contributed by atoms with E-state index < -0.39 is 0 Å². The number of amides is 1. The fraction of sp³-hybridized carbons (Fsp3) is 0.278. The molecule has 2 N–H and O–H groups in total. The largest absolute Gasteiger partial charge is 0.495 e. The van der Waals surface area contributed by atoms with Gasteiger partial charge in [-0.25, -0.2) is 0 Å². The second-order valence-electron chi connectivity index (χ2n) is 5.89. The summed E-state index contributed by atoms with van der Waals surface area (Å²) in [5, 5.41) is 3.39. The fourth-order valence-corrected chi connectivity index (χ4v) is 2.88. The first kappa shape index (κ1) is 17.4. The van der Waals surface area contributed by atoms with Crippen LogP contribution in [-0.2, 0) is 11.3 Å². The zero-order valence-corrected chi connectivity index (χ0v) is 14.9. The lowest BCUT2D eigenvalue weighted by Crippen LogP contribution is -3.08. The molecule has 0 saturated carbocycles. The normalized spacial score (nSPS) is 13.4. The van der Waals surface area contributed by atoms with Crippen molar-refractivity contribution in [2.75, 3.05) is 32.8 Å². The van der Waals surface area contributed by atoms with E-state index in [1.165, 1.54) is 0 Å². The monoisotopic (exact) mass is 363 g/mol. The van der Waals surface area contributed by atoms with Gasteiger partial charge in [0, 0.05) is 10.6 Å². The first-order chi connectivity index (χ1) is 12.0. The lowest BCUT2D eigenvalue weighted by molar-refractivity contribution is -0.885. The molecule has 1 unspecified atom stereocenters. The average molecular weight is 364 g/mol. The van der Waals surface area contributed by atoms with Crippen LogP contribution in [0.25, 0.3) is 0 Å². The average Bonchev–Trinajstić information content (AvgIpc) is 3.02. The van der Waals surface area contributed by atoms with Gasteiger partial charge in [-0.3, -0.25) is 4.79 Å². The molecule has 0 fully saturated rings. The highest BCUT2D eigenvalue weighted by molar-refractivity contribution is 6.31. The summed E-state index contributed by atoms with van der Waals surface area (Å²) in [6.07, 6.45) is 0. The van der Waals surface area contributed by atoms with Gasteiger partial charge in [0.1, 0.15) is 12.3 Å². The van der Waals surface area contributed by atoms with E-state index in [1.54, 1.807) is 25.3 Å². The number of anilines is 1. The lowest BCUT2D eigenvalue weighted by Gasteiger charge is -2.15. The quantitative estimate of drug-likeness (QED) is 0.820. The molecule has 25 heavy (non-hydrogen) atoms. The Labute approximate surface area is 151 Å². The van der Waals surface area contributed by atoms with Gasteiger partial charge < -0.3 is 24.4 Å². The third kappa shape index (κ3) is 4.35. The molecule has 1 amide bonds. The number of carbonyl (C=O) groups excluding carboxylic acids is 1. The van der Waals surface area contributed by atoms with E-state index in [2.05, 4.69) is 5.32 Å². The van der Waals surface area contributed by atoms with Crippen LogP contribution in [0.1, 0.15) is 5.56 Å². The molecule has 0 bridgehead atoms. The number of hydrogen-bond acceptors (Lipinski definition) is 4. The van der Waals surface area contributed by atoms with Crippen molar-refractivity contribution in [3.8, 4) is 17.2 Å². The number of methoxy groups -OCH3 is 1. The van der Waals surface area contributed by atoms with Gasteiger partial charge in [0.25, 0.3) is 5.91 Å². The zero-order valence-electron chi connectivity index (χ0n) is 14.1. The van der Waals surface area contributed by atoms with Crippen molar-refractivity contribution < 1.29 is 23.9 Å². The highest BCUT2D eigenvalue weighted by Crippen LogP contribution is 2.32. The molecule has 132 valence electrons. The van der Waals surface area contributed by atoms with Crippen LogP contribution in [0.15, 0.2) is 36.4 Å². The third-order valence-electron chi connectivity index (χ3n) is 3.84. The van der Waals surface area contributed by atoms with Crippen LogP contribution < -0.4 is 24.4 Å². The standard InChI is InChI=1S/C18H19ClN2O4/c1-21(9-12-3-5-16-17(7-12)25-11-24-16)10-18(22)20-14-8-13(19)4-6-15(14)23-2/h3-8H,9-11H2,1-2H3,(H,20,22)/p+1. The van der Waals surface area contributed by atoms with Crippen molar-refractivity contribution in [3.05, 3.63) is 47.0 Å². The number of hydrogen-bond donors (Lipinski definition) is 2. The molecule has 7 heteroatoms. The van der Waals surface area contributed by atoms with E-state index >= 15 is 0 Å². The predicted molar refractivity (Wildman–Crippen MR) is 94.7 cm³/mol. The smallest absolute Gasteiger partial charge is 0.279 e. The molecule has 0 radical (unpaired) electrons. The molecule has 2 aromatic rings. The maximum absolute atomic E-state index is 12.3. The van der Waals surface area contributed by atoms with Crippen LogP contribution in [0.5, 0.6) is 17.2 Å². The molecular weight excluding hydrogens is 344 g/mol. The lowest BCUT2D eigenvalue weighted by atomic mass is 10.2. The number of benzene rings is 2. The molecule has 1 aliphatic rings. The molecule has 1 heterocycles. The van der Waals surface area contributed by atoms with Gasteiger partial charge in [-0.15, -0.1) is 0 Å². The Kier molecular flexibility index (Phi) is 5.31. The Morgan fingerprint density at radius 3 is 2.84 bits per heavy atom. The molecule has 0 saturated heterocycles. The predicted octanol–water partition coefficient (Wildman–Crippen LogP) is 1.73. The number of quaternary nitrogens is 1. The van der Waals surface area contributed by atoms with Crippen LogP contribution in [0, 0.1) is 0 Å². The number of rotatable bonds is 6. The van der Waals surface area contributed by atoms with E-state index in [-0.39, 0.29) is 12.7 Å². The molecule has 0 spiro atoms. The number of fused-ring (bicyclic) bond motifs is 1. The second-order valence-corrected chi connectivity index (χ2v) is 6.33. The van der Waals surface area contributed by atoms with Gasteiger partial charge in [0.2, 0.25) is 6.79 Å². The Morgan fingerprint density at radius 1 is 1.24 bits per heavy atom. The summed E-state index contributed by atoms with van der Waals surface area (Å²) in [6.45, 7) is 1.26. The summed E-state index contributed by atoms with van der Waals surface area (Å²) in [5.74, 6) is 1.97. The number of ether oxygens (including phenoxy) is 3. The minimum absolute atomic E-state index is 0.112. The maximum atomic E-state index is 12.3. The van der Waals surface area contributed by atoms with Crippen LogP contribution >= 0.6 is 11.6 Å². The van der Waals surface area contributed by atoms with E-state index in [0.717, 1.165) is 22.0 Å². The second kappa shape index (κ2) is 7.63. The highest BCUT2D eigenvalue weighted by Gasteiger charge is 2.17. The van der Waals surface area contributed by atoms with Gasteiger partial charge in [-0.1, -0.05) is 11.6 Å². The van der Waals surface area contributed by atoms with Crippen LogP contribution in [0.4, 0.5) is 5.69 Å². The Hall–Kier alpha value is -2.44. The van der Waals surface area contributed by atoms with Crippen LogP contribution in [0.3, 0.4) is 0 Å². The SMILES string of the molecule is COc1ccc(Cl)cc1NC(=O)C[NH+](C)Cc1ccc2c(c1)OCO2. The van der Waals surface area contributed by atoms with E-state index in [0.29, 0.717) is 29.5 Å². The molecule has 1 aliphatic heterocycles. The number of likely N-dealkylation sites (N-methyl/N-ethyl adjacent to an activating group) is 1. The first-order valence-electron chi connectivity index (χ1n) is 7.88. The number of carbonyl (C=O) groups is 1. The van der Waals surface area contributed by atoms with Gasteiger partial charge in [0.05, 0.1) is 19.8 Å². The van der Waals surface area contributed by atoms with E-state index in [1.807, 2.05) is 25.2 Å². The summed E-state index contributed by atoms with van der Waals surface area (Å²) in [6, 6.07) is 10.9. The van der Waals surface area contributed by atoms with Crippen LogP contribution in [-0.4, -0.2) is 33.4 Å². The summed E-state index contributed by atoms with van der Waals surface area (Å²) in [7, 11) is 3.51. The van der Waals surface area contributed by atoms with Crippen LogP contribution in [0.2, 0.25) is 5.02 Å². The Morgan fingerprint density at radius 2 is 2.04 bits per heavy atom. The highest BCUT2D eigenvalue weighted by atomic mass is 35.5. The molecule has 3 rings (SSSR count). The van der Waals surface area contributed by atoms with Crippen molar-refractivity contribution in [1.29, 1.82) is 0 Å². The topological polar surface area (TPSA) is 61.2 Å². The Bertz CT molecular complexity index is 782. The summed E-state index contributed by atoms with van der Waals surface area (Å²) in [5.41, 5.74) is 1.64. The molecule has 0 aromatic heterocycles. The minimum atomic E-state index is -0.112. The van der Waals surface area contributed by atoms with Gasteiger partial charge >= 0.3 is 0 Å². The molecule has 6 nitrogen and oxygen atoms in total. The molecule has 1 atom stereocenters. The first-order valence-corrected chi connectivity index (χ1v) is 8.26. The maximum Gasteiger partial charge on any atom is 0.279 e. The molecule has 0 aliphatic carbocycles. The van der Waals surface area contributed by atoms with E-state index in [4.69, 9.17) is 25.8 Å². The molecular formula is C18H20ClN2O4+. The summed E-state index contributed by atoms with van der Waals surface area (Å²) < 4.78 is 15.9. The van der Waals surface area contributed by atoms with E-state index in [9.17, 15) is 4.79 Å². The number of nitrogens with one attached hydrogen (secondary N) is 2. The van der Waals surface area contributed by atoms with Crippen molar-refractivity contribution in [2.45, 2.75) is 6.54 Å². The van der Waals surface area contributed by atoms with Gasteiger partial charge in [-0.2, -0.15) is 0 Å². The summed E-state index contributed by atoms with van der Waals surface area (Å²) in [4.78, 5) is 13.3. The van der Waals surface area contributed by atoms with Gasteiger partial charge in [-0.05, 0) is 36.4 Å². The third-order valence-corrected chi connectivity index (χ3v) is 4.08. The van der Waals surface area contributed by atoms with Crippen molar-refractivity contribution in [2.24, 2.45) is 0 Å². The summed E-state index contributed by atoms with van der Waals surface area (Å²) >= 11 is 5.98. The Balaban J connectivity index is 1.58. The fourth-order valence-electron chi connectivity index (χ4n) is 2.71.